The van der Waals surface area contributed by atoms with Gasteiger partial charge in [0.25, 0.3) is 15.9 Å². The Hall–Kier alpha value is -2.38. The molecule has 0 aliphatic heterocycles. The monoisotopic (exact) mass is 393 g/mol. The molecule has 26 heavy (non-hydrogen) atoms. The molecule has 0 fully saturated rings. The second kappa shape index (κ2) is 8.33. The molecule has 138 valence electrons. The molecule has 0 saturated carbocycles. The number of nitrogens with zero attached hydrogens (tertiary/aromatic N) is 2. The van der Waals surface area contributed by atoms with Gasteiger partial charge in [-0.3, -0.25) is 9.10 Å². The molecule has 1 amide bonds. The van der Waals surface area contributed by atoms with Crippen molar-refractivity contribution in [1.29, 1.82) is 0 Å². The standard InChI is InChI=1S/C18H20ClN3O3S/c1-13(2)20-21-18(23)12-22(17-10-9-15(19)11-14(17)3)26(24,25)16-7-5-4-6-8-16/h4-11H,12H2,1-3H3,(H,21,23). The Bertz CT molecular complexity index is 924. The van der Waals surface area contributed by atoms with Crippen molar-refractivity contribution in [3.63, 3.8) is 0 Å². The minimum atomic E-state index is -3.94. The summed E-state index contributed by atoms with van der Waals surface area (Å²) in [6.45, 7) is 4.78. The summed E-state index contributed by atoms with van der Waals surface area (Å²) in [6.07, 6.45) is 0. The first-order valence-corrected chi connectivity index (χ1v) is 9.67. The normalized spacial score (nSPS) is 10.9. The zero-order valence-corrected chi connectivity index (χ0v) is 16.3. The Morgan fingerprint density at radius 1 is 1.15 bits per heavy atom. The molecule has 0 saturated heterocycles. The second-order valence-electron chi connectivity index (χ2n) is 5.85. The first-order chi connectivity index (χ1) is 12.2. The summed E-state index contributed by atoms with van der Waals surface area (Å²) in [6, 6.07) is 12.8. The van der Waals surface area contributed by atoms with Gasteiger partial charge in [-0.05, 0) is 56.7 Å². The van der Waals surface area contributed by atoms with Crippen molar-refractivity contribution in [2.45, 2.75) is 25.7 Å². The first-order valence-electron chi connectivity index (χ1n) is 7.85. The Balaban J connectivity index is 2.48. The fourth-order valence-corrected chi connectivity index (χ4v) is 3.99. The van der Waals surface area contributed by atoms with Gasteiger partial charge in [0.05, 0.1) is 10.6 Å². The van der Waals surface area contributed by atoms with Crippen LogP contribution in [0.5, 0.6) is 0 Å². The zero-order valence-electron chi connectivity index (χ0n) is 14.7. The van der Waals surface area contributed by atoms with Gasteiger partial charge in [0.2, 0.25) is 0 Å². The van der Waals surface area contributed by atoms with Crippen molar-refractivity contribution >= 4 is 38.9 Å². The van der Waals surface area contributed by atoms with Crippen LogP contribution in [0.3, 0.4) is 0 Å². The lowest BCUT2D eigenvalue weighted by molar-refractivity contribution is -0.119. The highest BCUT2D eigenvalue weighted by molar-refractivity contribution is 7.92. The third-order valence-corrected chi connectivity index (χ3v) is 5.46. The van der Waals surface area contributed by atoms with Gasteiger partial charge in [-0.15, -0.1) is 0 Å². The molecule has 8 heteroatoms. The van der Waals surface area contributed by atoms with Crippen LogP contribution in [0, 0.1) is 6.92 Å². The maximum absolute atomic E-state index is 13.1. The molecule has 0 aromatic heterocycles. The number of carbonyl (C=O) groups is 1. The highest BCUT2D eigenvalue weighted by atomic mass is 35.5. The van der Waals surface area contributed by atoms with Crippen LogP contribution in [0.15, 0.2) is 58.5 Å². The van der Waals surface area contributed by atoms with Gasteiger partial charge in [-0.25, -0.2) is 13.8 Å². The van der Waals surface area contributed by atoms with Gasteiger partial charge >= 0.3 is 0 Å². The largest absolute Gasteiger partial charge is 0.271 e. The highest BCUT2D eigenvalue weighted by Gasteiger charge is 2.28. The van der Waals surface area contributed by atoms with E-state index < -0.39 is 22.5 Å². The van der Waals surface area contributed by atoms with E-state index >= 15 is 0 Å². The lowest BCUT2D eigenvalue weighted by Crippen LogP contribution is -2.40. The number of anilines is 1. The van der Waals surface area contributed by atoms with Gasteiger partial charge in [0, 0.05) is 10.7 Å². The number of nitrogens with one attached hydrogen (secondary N) is 1. The van der Waals surface area contributed by atoms with Gasteiger partial charge in [-0.2, -0.15) is 5.10 Å². The SMILES string of the molecule is CC(C)=NNC(=O)CN(c1ccc(Cl)cc1C)S(=O)(=O)c1ccccc1. The van der Waals surface area contributed by atoms with Crippen LogP contribution in [0.1, 0.15) is 19.4 Å². The van der Waals surface area contributed by atoms with Crippen molar-refractivity contribution < 1.29 is 13.2 Å². The maximum Gasteiger partial charge on any atom is 0.264 e. The van der Waals surface area contributed by atoms with Crippen LogP contribution in [0.25, 0.3) is 0 Å². The summed E-state index contributed by atoms with van der Waals surface area (Å²) >= 11 is 5.98. The summed E-state index contributed by atoms with van der Waals surface area (Å²) in [5, 5.41) is 4.32. The van der Waals surface area contributed by atoms with Crippen LogP contribution in [-0.4, -0.2) is 26.6 Å². The van der Waals surface area contributed by atoms with E-state index in [0.29, 0.717) is 22.0 Å². The van der Waals surface area contributed by atoms with Crippen LogP contribution >= 0.6 is 11.6 Å². The number of hydrazone groups is 1. The molecule has 0 aliphatic rings. The average molecular weight is 394 g/mol. The van der Waals surface area contributed by atoms with Crippen molar-refractivity contribution in [3.05, 3.63) is 59.1 Å². The molecule has 2 rings (SSSR count). The number of halogens is 1. The molecule has 0 aliphatic carbocycles. The fraction of sp³-hybridized carbons (Fsp3) is 0.222. The summed E-state index contributed by atoms with van der Waals surface area (Å²) in [7, 11) is -3.94. The Labute approximate surface area is 158 Å². The lowest BCUT2D eigenvalue weighted by Gasteiger charge is -2.25. The van der Waals surface area contributed by atoms with E-state index in [9.17, 15) is 13.2 Å². The van der Waals surface area contributed by atoms with Crippen LogP contribution < -0.4 is 9.73 Å². The average Bonchev–Trinajstić information content (AvgIpc) is 2.59. The van der Waals surface area contributed by atoms with Crippen molar-refractivity contribution in [2.75, 3.05) is 10.8 Å². The number of amides is 1. The Morgan fingerprint density at radius 3 is 2.38 bits per heavy atom. The molecule has 0 heterocycles. The second-order valence-corrected chi connectivity index (χ2v) is 8.15. The highest BCUT2D eigenvalue weighted by Crippen LogP contribution is 2.28. The third-order valence-electron chi connectivity index (χ3n) is 3.45. The number of hydrogen-bond acceptors (Lipinski definition) is 4. The van der Waals surface area contributed by atoms with Crippen LogP contribution in [0.4, 0.5) is 5.69 Å². The predicted molar refractivity (Wildman–Crippen MR) is 104 cm³/mol. The molecular weight excluding hydrogens is 374 g/mol. The number of sulfonamides is 1. The van der Waals surface area contributed by atoms with E-state index in [1.54, 1.807) is 57.2 Å². The number of benzene rings is 2. The van der Waals surface area contributed by atoms with E-state index in [-0.39, 0.29) is 4.90 Å². The van der Waals surface area contributed by atoms with Crippen LogP contribution in [0.2, 0.25) is 5.02 Å². The molecular formula is C18H20ClN3O3S. The third kappa shape index (κ3) is 4.83. The fourth-order valence-electron chi connectivity index (χ4n) is 2.26. The number of hydrogen-bond donors (Lipinski definition) is 1. The van der Waals surface area contributed by atoms with Gasteiger partial charge < -0.3 is 0 Å². The van der Waals surface area contributed by atoms with Crippen molar-refractivity contribution in [2.24, 2.45) is 5.10 Å². The van der Waals surface area contributed by atoms with E-state index in [1.165, 1.54) is 12.1 Å². The maximum atomic E-state index is 13.1. The molecule has 1 N–H and O–H groups in total. The zero-order chi connectivity index (χ0) is 19.3. The minimum Gasteiger partial charge on any atom is -0.271 e. The molecule has 2 aromatic rings. The Kier molecular flexibility index (Phi) is 6.39. The smallest absolute Gasteiger partial charge is 0.264 e. The number of carbonyl (C=O) groups excluding carboxylic acids is 1. The minimum absolute atomic E-state index is 0.0947. The number of rotatable bonds is 6. The summed E-state index contributed by atoms with van der Waals surface area (Å²) in [5.74, 6) is -0.542. The van der Waals surface area contributed by atoms with E-state index in [0.717, 1.165) is 4.31 Å². The summed E-state index contributed by atoms with van der Waals surface area (Å²) in [4.78, 5) is 12.3. The molecule has 0 spiro atoms. The molecule has 2 aromatic carbocycles. The lowest BCUT2D eigenvalue weighted by atomic mass is 10.2. The molecule has 0 atom stereocenters. The van der Waals surface area contributed by atoms with Crippen molar-refractivity contribution in [3.8, 4) is 0 Å². The molecule has 0 unspecified atom stereocenters. The van der Waals surface area contributed by atoms with E-state index in [4.69, 9.17) is 11.6 Å². The molecule has 0 bridgehead atoms. The van der Waals surface area contributed by atoms with Crippen molar-refractivity contribution in [1.82, 2.24) is 5.43 Å². The molecule has 0 radical (unpaired) electrons. The van der Waals surface area contributed by atoms with E-state index in [2.05, 4.69) is 10.5 Å². The summed E-state index contributed by atoms with van der Waals surface area (Å²) in [5.41, 5.74) is 4.02. The van der Waals surface area contributed by atoms with Crippen LogP contribution in [-0.2, 0) is 14.8 Å². The first kappa shape index (κ1) is 19.9. The predicted octanol–water partition coefficient (Wildman–Crippen LogP) is 3.36. The topological polar surface area (TPSA) is 78.8 Å². The van der Waals surface area contributed by atoms with E-state index in [1.807, 2.05) is 0 Å². The van der Waals surface area contributed by atoms with Gasteiger partial charge in [-0.1, -0.05) is 29.8 Å². The molecule has 6 nitrogen and oxygen atoms in total. The number of aryl methyl sites for hydroxylation is 1. The quantitative estimate of drug-likeness (QED) is 0.603. The Morgan fingerprint density at radius 2 is 1.81 bits per heavy atom. The van der Waals surface area contributed by atoms with Gasteiger partial charge in [0.15, 0.2) is 0 Å². The van der Waals surface area contributed by atoms with Gasteiger partial charge in [0.1, 0.15) is 6.54 Å². The summed E-state index contributed by atoms with van der Waals surface area (Å²) < 4.78 is 27.3.